The van der Waals surface area contributed by atoms with Crippen molar-refractivity contribution in [3.8, 4) is 0 Å². The lowest BCUT2D eigenvalue weighted by atomic mass is 10.2. The fraction of sp³-hybridized carbons (Fsp3) is 0.467. The summed E-state index contributed by atoms with van der Waals surface area (Å²) in [4.78, 5) is 22.8. The third-order valence-corrected chi connectivity index (χ3v) is 3.62. The van der Waals surface area contributed by atoms with Gasteiger partial charge in [0.05, 0.1) is 5.69 Å². The number of rotatable bonds is 9. The van der Waals surface area contributed by atoms with E-state index in [0.717, 1.165) is 12.8 Å². The quantitative estimate of drug-likeness (QED) is 0.537. The van der Waals surface area contributed by atoms with Crippen LogP contribution in [0, 0.1) is 0 Å². The SMILES string of the molecule is CC(=O)NCCCCCC(=O)Nc1ccccc1SC(F)F. The van der Waals surface area contributed by atoms with Gasteiger partial charge in [0.2, 0.25) is 11.8 Å². The molecule has 0 bridgehead atoms. The Labute approximate surface area is 133 Å². The van der Waals surface area contributed by atoms with Gasteiger partial charge in [0, 0.05) is 24.8 Å². The first-order valence-corrected chi connectivity index (χ1v) is 7.95. The van der Waals surface area contributed by atoms with Crippen LogP contribution in [-0.2, 0) is 9.59 Å². The third-order valence-electron chi connectivity index (χ3n) is 2.83. The lowest BCUT2D eigenvalue weighted by Crippen LogP contribution is -2.20. The Morgan fingerprint density at radius 2 is 1.91 bits per heavy atom. The normalized spacial score (nSPS) is 10.5. The summed E-state index contributed by atoms with van der Waals surface area (Å²) in [5, 5.41) is 5.35. The minimum absolute atomic E-state index is 0.0640. The number of carbonyl (C=O) groups is 2. The molecule has 0 unspecified atom stereocenters. The molecule has 0 aromatic heterocycles. The Hall–Kier alpha value is -1.63. The largest absolute Gasteiger partial charge is 0.356 e. The van der Waals surface area contributed by atoms with E-state index in [9.17, 15) is 18.4 Å². The van der Waals surface area contributed by atoms with E-state index in [1.165, 1.54) is 6.92 Å². The van der Waals surface area contributed by atoms with Gasteiger partial charge in [-0.25, -0.2) is 0 Å². The van der Waals surface area contributed by atoms with Gasteiger partial charge in [0.25, 0.3) is 5.76 Å². The lowest BCUT2D eigenvalue weighted by molar-refractivity contribution is -0.119. The Bertz CT molecular complexity index is 498. The van der Waals surface area contributed by atoms with E-state index in [1.54, 1.807) is 24.3 Å². The molecular formula is C15H20F2N2O2S. The van der Waals surface area contributed by atoms with E-state index in [1.807, 2.05) is 0 Å². The number of anilines is 1. The third kappa shape index (κ3) is 7.97. The number of hydrogen-bond acceptors (Lipinski definition) is 3. The van der Waals surface area contributed by atoms with Gasteiger partial charge in [0.15, 0.2) is 0 Å². The molecule has 1 aromatic rings. The van der Waals surface area contributed by atoms with Gasteiger partial charge in [-0.2, -0.15) is 8.78 Å². The van der Waals surface area contributed by atoms with Gasteiger partial charge < -0.3 is 10.6 Å². The second-order valence-corrected chi connectivity index (χ2v) is 5.75. The maximum Gasteiger partial charge on any atom is 0.288 e. The molecule has 2 N–H and O–H groups in total. The molecule has 0 aliphatic rings. The highest BCUT2D eigenvalue weighted by Gasteiger charge is 2.11. The van der Waals surface area contributed by atoms with Crippen molar-refractivity contribution < 1.29 is 18.4 Å². The van der Waals surface area contributed by atoms with E-state index in [0.29, 0.717) is 41.7 Å². The van der Waals surface area contributed by atoms with Crippen LogP contribution in [0.25, 0.3) is 0 Å². The van der Waals surface area contributed by atoms with Crippen LogP contribution < -0.4 is 10.6 Å². The van der Waals surface area contributed by atoms with Crippen LogP contribution in [0.3, 0.4) is 0 Å². The first-order valence-electron chi connectivity index (χ1n) is 7.07. The fourth-order valence-electron chi connectivity index (χ4n) is 1.83. The smallest absolute Gasteiger partial charge is 0.288 e. The molecule has 1 rings (SSSR count). The first kappa shape index (κ1) is 18.4. The molecule has 2 amide bonds. The molecule has 4 nitrogen and oxygen atoms in total. The van der Waals surface area contributed by atoms with E-state index in [-0.39, 0.29) is 11.8 Å². The van der Waals surface area contributed by atoms with E-state index in [4.69, 9.17) is 0 Å². The number of alkyl halides is 2. The Morgan fingerprint density at radius 1 is 1.18 bits per heavy atom. The maximum absolute atomic E-state index is 12.4. The van der Waals surface area contributed by atoms with Crippen LogP contribution in [0.1, 0.15) is 32.6 Å². The number of hydrogen-bond donors (Lipinski definition) is 2. The van der Waals surface area contributed by atoms with Crippen LogP contribution in [0.15, 0.2) is 29.2 Å². The minimum atomic E-state index is -2.52. The van der Waals surface area contributed by atoms with Gasteiger partial charge in [-0.05, 0) is 25.0 Å². The van der Waals surface area contributed by atoms with E-state index < -0.39 is 5.76 Å². The molecule has 0 fully saturated rings. The van der Waals surface area contributed by atoms with Crippen LogP contribution in [-0.4, -0.2) is 24.1 Å². The molecule has 0 radical (unpaired) electrons. The first-order chi connectivity index (χ1) is 10.5. The van der Waals surface area contributed by atoms with Gasteiger partial charge in [0.1, 0.15) is 0 Å². The molecule has 0 saturated heterocycles. The van der Waals surface area contributed by atoms with Crippen molar-refractivity contribution in [2.45, 2.75) is 43.3 Å². The summed E-state index contributed by atoms with van der Waals surface area (Å²) in [6, 6.07) is 6.51. The Kier molecular flexibility index (Phi) is 8.50. The van der Waals surface area contributed by atoms with Crippen molar-refractivity contribution in [2.24, 2.45) is 0 Å². The number of benzene rings is 1. The summed E-state index contributed by atoms with van der Waals surface area (Å²) in [6.45, 7) is 2.06. The van der Waals surface area contributed by atoms with Crippen molar-refractivity contribution in [1.82, 2.24) is 5.32 Å². The molecule has 122 valence electrons. The average Bonchev–Trinajstić information content (AvgIpc) is 2.44. The molecule has 0 heterocycles. The number of unbranched alkanes of at least 4 members (excludes halogenated alkanes) is 2. The average molecular weight is 330 g/mol. The summed E-state index contributed by atoms with van der Waals surface area (Å²) in [5.74, 6) is -2.78. The summed E-state index contributed by atoms with van der Waals surface area (Å²) >= 11 is 0.416. The predicted octanol–water partition coefficient (Wildman–Crippen LogP) is 3.64. The van der Waals surface area contributed by atoms with Crippen LogP contribution >= 0.6 is 11.8 Å². The van der Waals surface area contributed by atoms with Crippen LogP contribution in [0.2, 0.25) is 0 Å². The number of halogens is 2. The standard InChI is InChI=1S/C15H20F2N2O2S/c1-11(20)18-10-6-2-3-9-14(21)19-12-7-4-5-8-13(12)22-15(16)17/h4-5,7-8,15H,2-3,6,9-10H2,1H3,(H,18,20)(H,19,21). The fourth-order valence-corrected chi connectivity index (χ4v) is 2.43. The highest BCUT2D eigenvalue weighted by Crippen LogP contribution is 2.31. The highest BCUT2D eigenvalue weighted by molar-refractivity contribution is 7.99. The molecule has 1 aromatic carbocycles. The molecule has 7 heteroatoms. The van der Waals surface area contributed by atoms with Crippen molar-refractivity contribution in [2.75, 3.05) is 11.9 Å². The van der Waals surface area contributed by atoms with Crippen molar-refractivity contribution in [3.05, 3.63) is 24.3 Å². The predicted molar refractivity (Wildman–Crippen MR) is 84.1 cm³/mol. The summed E-state index contributed by atoms with van der Waals surface area (Å²) in [7, 11) is 0. The summed E-state index contributed by atoms with van der Waals surface area (Å²) < 4.78 is 24.9. The molecule has 0 saturated carbocycles. The number of carbonyl (C=O) groups excluding carboxylic acids is 2. The van der Waals surface area contributed by atoms with E-state index >= 15 is 0 Å². The molecular weight excluding hydrogens is 310 g/mol. The van der Waals surface area contributed by atoms with Crippen molar-refractivity contribution in [1.29, 1.82) is 0 Å². The summed E-state index contributed by atoms with van der Waals surface area (Å²) in [6.07, 6.45) is 2.65. The van der Waals surface area contributed by atoms with Gasteiger partial charge >= 0.3 is 0 Å². The zero-order valence-corrected chi connectivity index (χ0v) is 13.2. The Morgan fingerprint density at radius 3 is 2.59 bits per heavy atom. The summed E-state index contributed by atoms with van der Waals surface area (Å²) in [5.41, 5.74) is 0.413. The molecule has 0 aliphatic heterocycles. The maximum atomic E-state index is 12.4. The zero-order valence-electron chi connectivity index (χ0n) is 12.4. The number of nitrogens with one attached hydrogen (secondary N) is 2. The van der Waals surface area contributed by atoms with E-state index in [2.05, 4.69) is 10.6 Å². The minimum Gasteiger partial charge on any atom is -0.356 e. The van der Waals surface area contributed by atoms with Crippen LogP contribution in [0.5, 0.6) is 0 Å². The van der Waals surface area contributed by atoms with Crippen molar-refractivity contribution >= 4 is 29.3 Å². The second-order valence-electron chi connectivity index (χ2n) is 4.72. The molecule has 0 spiro atoms. The van der Waals surface area contributed by atoms with Gasteiger partial charge in [-0.15, -0.1) is 0 Å². The lowest BCUT2D eigenvalue weighted by Gasteiger charge is -2.10. The topological polar surface area (TPSA) is 58.2 Å². The number of amides is 2. The molecule has 22 heavy (non-hydrogen) atoms. The van der Waals surface area contributed by atoms with Crippen molar-refractivity contribution in [3.63, 3.8) is 0 Å². The molecule has 0 atom stereocenters. The second kappa shape index (κ2) is 10.2. The molecule has 0 aliphatic carbocycles. The number of para-hydroxylation sites is 1. The van der Waals surface area contributed by atoms with Crippen LogP contribution in [0.4, 0.5) is 14.5 Å². The van der Waals surface area contributed by atoms with Gasteiger partial charge in [-0.3, -0.25) is 9.59 Å². The Balaban J connectivity index is 2.31. The van der Waals surface area contributed by atoms with Gasteiger partial charge in [-0.1, -0.05) is 30.3 Å². The monoisotopic (exact) mass is 330 g/mol. The highest BCUT2D eigenvalue weighted by atomic mass is 32.2. The zero-order chi connectivity index (χ0) is 16.4. The number of thioether (sulfide) groups is 1.